The number of pyridine rings is 2. The summed E-state index contributed by atoms with van der Waals surface area (Å²) in [5, 5.41) is 3.77. The standard InChI is InChI=1S/C29H34N4.C3H8/c1-5-23-16-27-29(33(23)19(2)3)26(31-18-21-10-6-9-20(4)15-21)17-25(32-27)24-13-8-14-30-28(24)22-11-7-12-22;1-3-2/h6,8-10,13-17,19,22H,5,7,11-12,18H2,1-4H3,(H,31,32);3H2,1-2H3. The summed E-state index contributed by atoms with van der Waals surface area (Å²) in [5.74, 6) is 0.564. The Morgan fingerprint density at radius 2 is 1.81 bits per heavy atom. The predicted molar refractivity (Wildman–Crippen MR) is 154 cm³/mol. The zero-order valence-corrected chi connectivity index (χ0v) is 22.9. The number of hydrogen-bond acceptors (Lipinski definition) is 3. The molecule has 1 aliphatic rings. The van der Waals surface area contributed by atoms with Gasteiger partial charge in [0.1, 0.15) is 0 Å². The molecule has 5 rings (SSSR count). The topological polar surface area (TPSA) is 42.7 Å². The van der Waals surface area contributed by atoms with Gasteiger partial charge in [-0.05, 0) is 69.9 Å². The first-order chi connectivity index (χ1) is 17.5. The van der Waals surface area contributed by atoms with Gasteiger partial charge in [0.05, 0.1) is 28.1 Å². The van der Waals surface area contributed by atoms with Crippen molar-refractivity contribution in [1.82, 2.24) is 14.5 Å². The van der Waals surface area contributed by atoms with Gasteiger partial charge in [-0.15, -0.1) is 0 Å². The quantitative estimate of drug-likeness (QED) is 0.286. The molecule has 0 atom stereocenters. The van der Waals surface area contributed by atoms with Crippen molar-refractivity contribution in [2.45, 2.75) is 92.2 Å². The van der Waals surface area contributed by atoms with E-state index in [9.17, 15) is 0 Å². The summed E-state index contributed by atoms with van der Waals surface area (Å²) in [6.07, 6.45) is 7.93. The van der Waals surface area contributed by atoms with Gasteiger partial charge in [-0.2, -0.15) is 0 Å². The second-order valence-electron chi connectivity index (χ2n) is 10.4. The summed E-state index contributed by atoms with van der Waals surface area (Å²) in [6.45, 7) is 13.9. The Hall–Kier alpha value is -3.14. The van der Waals surface area contributed by atoms with E-state index in [-0.39, 0.29) is 0 Å². The highest BCUT2D eigenvalue weighted by Crippen LogP contribution is 2.41. The van der Waals surface area contributed by atoms with E-state index in [0.29, 0.717) is 12.0 Å². The Bertz CT molecular complexity index is 1300. The second kappa shape index (κ2) is 11.7. The van der Waals surface area contributed by atoms with Crippen LogP contribution in [0, 0.1) is 6.92 Å². The predicted octanol–water partition coefficient (Wildman–Crippen LogP) is 8.85. The van der Waals surface area contributed by atoms with Crippen LogP contribution in [0.25, 0.3) is 22.3 Å². The van der Waals surface area contributed by atoms with Crippen molar-refractivity contribution < 1.29 is 0 Å². The highest BCUT2D eigenvalue weighted by molar-refractivity contribution is 5.93. The molecule has 1 N–H and O–H groups in total. The molecule has 1 aliphatic carbocycles. The van der Waals surface area contributed by atoms with Crippen LogP contribution in [0.4, 0.5) is 5.69 Å². The molecule has 4 aromatic rings. The molecule has 36 heavy (non-hydrogen) atoms. The summed E-state index contributed by atoms with van der Waals surface area (Å²) in [6, 6.07) is 17.8. The van der Waals surface area contributed by atoms with Crippen LogP contribution < -0.4 is 5.32 Å². The van der Waals surface area contributed by atoms with Crippen LogP contribution in [0.5, 0.6) is 0 Å². The number of hydrogen-bond donors (Lipinski definition) is 1. The van der Waals surface area contributed by atoms with Crippen LogP contribution in [-0.2, 0) is 13.0 Å². The van der Waals surface area contributed by atoms with Gasteiger partial charge in [-0.3, -0.25) is 4.98 Å². The van der Waals surface area contributed by atoms with E-state index in [1.54, 1.807) is 0 Å². The van der Waals surface area contributed by atoms with Gasteiger partial charge in [0, 0.05) is 36.0 Å². The Morgan fingerprint density at radius 3 is 2.44 bits per heavy atom. The molecule has 1 fully saturated rings. The zero-order valence-electron chi connectivity index (χ0n) is 22.9. The zero-order chi connectivity index (χ0) is 25.7. The van der Waals surface area contributed by atoms with Gasteiger partial charge in [-0.1, -0.05) is 63.4 Å². The number of nitrogens with one attached hydrogen (secondary N) is 1. The maximum atomic E-state index is 5.19. The first-order valence-corrected chi connectivity index (χ1v) is 13.8. The number of aromatic nitrogens is 3. The third-order valence-corrected chi connectivity index (χ3v) is 6.92. The van der Waals surface area contributed by atoms with Crippen LogP contribution in [0.15, 0.2) is 54.7 Å². The van der Waals surface area contributed by atoms with Gasteiger partial charge in [-0.25, -0.2) is 4.98 Å². The molecule has 0 amide bonds. The third kappa shape index (κ3) is 5.48. The summed E-state index contributed by atoms with van der Waals surface area (Å²) in [4.78, 5) is 9.98. The summed E-state index contributed by atoms with van der Waals surface area (Å²) < 4.78 is 2.45. The minimum atomic E-state index is 0.369. The maximum Gasteiger partial charge on any atom is 0.0912 e. The van der Waals surface area contributed by atoms with Gasteiger partial charge >= 0.3 is 0 Å². The fourth-order valence-corrected chi connectivity index (χ4v) is 5.08. The van der Waals surface area contributed by atoms with Crippen LogP contribution in [0.3, 0.4) is 0 Å². The lowest BCUT2D eigenvalue weighted by molar-refractivity contribution is 0.412. The fraction of sp³-hybridized carbons (Fsp3) is 0.438. The fourth-order valence-electron chi connectivity index (χ4n) is 5.08. The van der Waals surface area contributed by atoms with Crippen molar-refractivity contribution in [2.75, 3.05) is 5.32 Å². The number of nitrogens with zero attached hydrogens (tertiary/aromatic N) is 3. The molecule has 0 unspecified atom stereocenters. The SMILES string of the molecule is CCC.CCc1cc2nc(-c3cccnc3C3CCC3)cc(NCc3cccc(C)c3)c2n1C(C)C. The Morgan fingerprint density at radius 1 is 1.03 bits per heavy atom. The first-order valence-electron chi connectivity index (χ1n) is 13.8. The van der Waals surface area contributed by atoms with Gasteiger partial charge in [0.2, 0.25) is 0 Å². The number of aryl methyl sites for hydroxylation is 2. The normalized spacial score (nSPS) is 13.4. The van der Waals surface area contributed by atoms with E-state index in [2.05, 4.69) is 93.9 Å². The largest absolute Gasteiger partial charge is 0.379 e. The van der Waals surface area contributed by atoms with Crippen molar-refractivity contribution >= 4 is 16.7 Å². The van der Waals surface area contributed by atoms with Crippen LogP contribution in [-0.4, -0.2) is 14.5 Å². The van der Waals surface area contributed by atoms with Crippen molar-refractivity contribution in [2.24, 2.45) is 0 Å². The third-order valence-electron chi connectivity index (χ3n) is 6.92. The molecule has 0 radical (unpaired) electrons. The number of benzene rings is 1. The molecule has 3 heterocycles. The molecule has 1 saturated carbocycles. The summed E-state index contributed by atoms with van der Waals surface area (Å²) >= 11 is 0. The Labute approximate surface area is 217 Å². The van der Waals surface area contributed by atoms with Crippen molar-refractivity contribution in [1.29, 1.82) is 0 Å². The average molecular weight is 483 g/mol. The molecule has 1 aromatic carbocycles. The number of fused-ring (bicyclic) bond motifs is 1. The molecule has 4 nitrogen and oxygen atoms in total. The molecule has 3 aromatic heterocycles. The highest BCUT2D eigenvalue weighted by Gasteiger charge is 2.25. The van der Waals surface area contributed by atoms with Crippen molar-refractivity contribution in [3.8, 4) is 11.3 Å². The van der Waals surface area contributed by atoms with Gasteiger partial charge in [0.15, 0.2) is 0 Å². The molecule has 190 valence electrons. The Kier molecular flexibility index (Phi) is 8.45. The minimum absolute atomic E-state index is 0.369. The second-order valence-corrected chi connectivity index (χ2v) is 10.4. The first kappa shape index (κ1) is 25.9. The molecule has 0 saturated heterocycles. The maximum absolute atomic E-state index is 5.19. The summed E-state index contributed by atoms with van der Waals surface area (Å²) in [5.41, 5.74) is 10.7. The smallest absolute Gasteiger partial charge is 0.0912 e. The lowest BCUT2D eigenvalue weighted by atomic mass is 9.80. The molecular weight excluding hydrogens is 440 g/mol. The molecule has 0 spiro atoms. The van der Waals surface area contributed by atoms with E-state index in [4.69, 9.17) is 9.97 Å². The minimum Gasteiger partial charge on any atom is -0.379 e. The van der Waals surface area contributed by atoms with Crippen molar-refractivity contribution in [3.63, 3.8) is 0 Å². The Balaban J connectivity index is 0.000000967. The van der Waals surface area contributed by atoms with E-state index in [0.717, 1.165) is 29.9 Å². The molecular formula is C32H42N4. The van der Waals surface area contributed by atoms with E-state index >= 15 is 0 Å². The van der Waals surface area contributed by atoms with E-state index in [1.807, 2.05) is 12.3 Å². The average Bonchev–Trinajstić information content (AvgIpc) is 3.21. The molecule has 4 heteroatoms. The number of rotatable bonds is 7. The number of anilines is 1. The van der Waals surface area contributed by atoms with Gasteiger partial charge < -0.3 is 9.88 Å². The van der Waals surface area contributed by atoms with E-state index in [1.165, 1.54) is 59.3 Å². The van der Waals surface area contributed by atoms with Crippen molar-refractivity contribution in [3.05, 3.63) is 77.2 Å². The van der Waals surface area contributed by atoms with Gasteiger partial charge in [0.25, 0.3) is 0 Å². The lowest BCUT2D eigenvalue weighted by Crippen LogP contribution is -2.12. The monoisotopic (exact) mass is 482 g/mol. The van der Waals surface area contributed by atoms with Crippen LogP contribution in [0.1, 0.15) is 94.8 Å². The highest BCUT2D eigenvalue weighted by atomic mass is 15.1. The van der Waals surface area contributed by atoms with E-state index < -0.39 is 0 Å². The van der Waals surface area contributed by atoms with Crippen LogP contribution in [0.2, 0.25) is 0 Å². The molecule has 0 aliphatic heterocycles. The molecule has 0 bridgehead atoms. The lowest BCUT2D eigenvalue weighted by Gasteiger charge is -2.26. The summed E-state index contributed by atoms with van der Waals surface area (Å²) in [7, 11) is 0. The van der Waals surface area contributed by atoms with Crippen LogP contribution >= 0.6 is 0 Å².